The lowest BCUT2D eigenvalue weighted by molar-refractivity contribution is 0.177. The third-order valence-corrected chi connectivity index (χ3v) is 3.34. The van der Waals surface area contributed by atoms with Crippen LogP contribution in [0.1, 0.15) is 12.5 Å². The van der Waals surface area contributed by atoms with Crippen molar-refractivity contribution in [1.29, 1.82) is 0 Å². The van der Waals surface area contributed by atoms with Crippen molar-refractivity contribution in [3.05, 3.63) is 54.1 Å². The molecule has 0 aromatic heterocycles. The number of hydrogen-bond donors (Lipinski definition) is 3. The van der Waals surface area contributed by atoms with Gasteiger partial charge in [0.15, 0.2) is 6.23 Å². The predicted molar refractivity (Wildman–Crippen MR) is 91.4 cm³/mol. The fraction of sp³-hybridized carbons (Fsp3) is 0.278. The molecule has 6 heteroatoms. The van der Waals surface area contributed by atoms with Crippen LogP contribution in [-0.2, 0) is 6.42 Å². The Kier molecular flexibility index (Phi) is 6.31. The number of carbonyl (C=O) groups is 1. The highest BCUT2D eigenvalue weighted by Crippen LogP contribution is 2.16. The summed E-state index contributed by atoms with van der Waals surface area (Å²) < 4.78 is 10.6. The van der Waals surface area contributed by atoms with Crippen molar-refractivity contribution in [1.82, 2.24) is 10.6 Å². The molecule has 6 nitrogen and oxygen atoms in total. The first kappa shape index (κ1) is 17.5. The van der Waals surface area contributed by atoms with E-state index in [9.17, 15) is 9.90 Å². The van der Waals surface area contributed by atoms with Gasteiger partial charge in [-0.2, -0.15) is 0 Å². The van der Waals surface area contributed by atoms with Gasteiger partial charge in [0, 0.05) is 6.54 Å². The van der Waals surface area contributed by atoms with E-state index in [4.69, 9.17) is 9.47 Å². The Morgan fingerprint density at radius 2 is 1.71 bits per heavy atom. The van der Waals surface area contributed by atoms with Crippen LogP contribution in [0.25, 0.3) is 0 Å². The van der Waals surface area contributed by atoms with Gasteiger partial charge < -0.3 is 25.2 Å². The Balaban J connectivity index is 1.69. The third kappa shape index (κ3) is 5.72. The van der Waals surface area contributed by atoms with Crippen molar-refractivity contribution in [2.45, 2.75) is 19.6 Å². The molecule has 1 unspecified atom stereocenters. The summed E-state index contributed by atoms with van der Waals surface area (Å²) in [6, 6.07) is 13.7. The van der Waals surface area contributed by atoms with Crippen LogP contribution in [0.15, 0.2) is 48.5 Å². The number of phenols is 1. The monoisotopic (exact) mass is 330 g/mol. The van der Waals surface area contributed by atoms with Gasteiger partial charge in [0.05, 0.1) is 7.11 Å². The number of ether oxygens (including phenoxy) is 2. The number of aromatic hydroxyl groups is 1. The number of rotatable bonds is 7. The highest BCUT2D eigenvalue weighted by Gasteiger charge is 2.08. The first-order valence-corrected chi connectivity index (χ1v) is 7.70. The van der Waals surface area contributed by atoms with E-state index in [0.29, 0.717) is 12.3 Å². The molecule has 0 bridgehead atoms. The Morgan fingerprint density at radius 1 is 1.08 bits per heavy atom. The summed E-state index contributed by atoms with van der Waals surface area (Å²) in [4.78, 5) is 11.8. The quantitative estimate of drug-likeness (QED) is 0.682. The van der Waals surface area contributed by atoms with Gasteiger partial charge in [-0.15, -0.1) is 0 Å². The van der Waals surface area contributed by atoms with Crippen LogP contribution in [0.2, 0.25) is 0 Å². The molecule has 3 N–H and O–H groups in total. The Labute approximate surface area is 141 Å². The lowest BCUT2D eigenvalue weighted by Gasteiger charge is -2.16. The van der Waals surface area contributed by atoms with Crippen LogP contribution < -0.4 is 20.1 Å². The third-order valence-electron chi connectivity index (χ3n) is 3.34. The number of benzene rings is 2. The Hall–Kier alpha value is -2.89. The summed E-state index contributed by atoms with van der Waals surface area (Å²) in [5.41, 5.74) is 1.12. The number of methoxy groups -OCH3 is 1. The van der Waals surface area contributed by atoms with Crippen molar-refractivity contribution in [2.75, 3.05) is 13.7 Å². The molecule has 24 heavy (non-hydrogen) atoms. The number of hydrogen-bond acceptors (Lipinski definition) is 4. The molecule has 2 amide bonds. The molecule has 0 aliphatic rings. The summed E-state index contributed by atoms with van der Waals surface area (Å²) in [6.45, 7) is 2.25. The molecule has 0 aliphatic carbocycles. The molecule has 2 aromatic rings. The minimum absolute atomic E-state index is 0.166. The minimum atomic E-state index is -0.490. The summed E-state index contributed by atoms with van der Waals surface area (Å²) >= 11 is 0. The molecule has 0 aliphatic heterocycles. The molecule has 2 rings (SSSR count). The fourth-order valence-corrected chi connectivity index (χ4v) is 2.11. The molecule has 0 heterocycles. The molecule has 0 saturated heterocycles. The Morgan fingerprint density at radius 3 is 2.33 bits per heavy atom. The van der Waals surface area contributed by atoms with Gasteiger partial charge in [-0.1, -0.05) is 12.1 Å². The van der Waals surface area contributed by atoms with Crippen molar-refractivity contribution in [3.63, 3.8) is 0 Å². The van der Waals surface area contributed by atoms with Crippen LogP contribution in [0.3, 0.4) is 0 Å². The van der Waals surface area contributed by atoms with Crippen molar-refractivity contribution >= 4 is 6.03 Å². The molecule has 2 aromatic carbocycles. The second-order valence-electron chi connectivity index (χ2n) is 5.25. The zero-order valence-electron chi connectivity index (χ0n) is 13.8. The highest BCUT2D eigenvalue weighted by molar-refractivity contribution is 5.74. The van der Waals surface area contributed by atoms with Crippen LogP contribution in [-0.4, -0.2) is 31.0 Å². The highest BCUT2D eigenvalue weighted by atomic mass is 16.5. The second kappa shape index (κ2) is 8.67. The minimum Gasteiger partial charge on any atom is -0.508 e. The van der Waals surface area contributed by atoms with E-state index in [1.165, 1.54) is 12.1 Å². The van der Waals surface area contributed by atoms with E-state index >= 15 is 0 Å². The number of urea groups is 1. The molecule has 0 radical (unpaired) electrons. The van der Waals surface area contributed by atoms with Gasteiger partial charge in [-0.05, 0) is 55.3 Å². The molecule has 0 fully saturated rings. The molecular weight excluding hydrogens is 308 g/mol. The van der Waals surface area contributed by atoms with Crippen LogP contribution in [0, 0.1) is 0 Å². The van der Waals surface area contributed by atoms with Crippen molar-refractivity contribution < 1.29 is 19.4 Å². The van der Waals surface area contributed by atoms with E-state index in [-0.39, 0.29) is 11.8 Å². The number of amides is 2. The van der Waals surface area contributed by atoms with Gasteiger partial charge >= 0.3 is 6.03 Å². The smallest absolute Gasteiger partial charge is 0.317 e. The van der Waals surface area contributed by atoms with Crippen LogP contribution >= 0.6 is 0 Å². The summed E-state index contributed by atoms with van der Waals surface area (Å²) in [5.74, 6) is 1.54. The topological polar surface area (TPSA) is 79.8 Å². The molecule has 1 atom stereocenters. The SMILES string of the molecule is COc1ccc(CCNC(=O)NC(C)Oc2ccc(O)cc2)cc1. The lowest BCUT2D eigenvalue weighted by atomic mass is 10.1. The normalized spacial score (nSPS) is 11.4. The fourth-order valence-electron chi connectivity index (χ4n) is 2.11. The van der Waals surface area contributed by atoms with E-state index in [2.05, 4.69) is 10.6 Å². The van der Waals surface area contributed by atoms with E-state index in [0.717, 1.165) is 17.7 Å². The summed E-state index contributed by atoms with van der Waals surface area (Å²) in [5, 5.41) is 14.7. The average molecular weight is 330 g/mol. The number of phenolic OH excluding ortho intramolecular Hbond substituents is 1. The number of nitrogens with one attached hydrogen (secondary N) is 2. The van der Waals surface area contributed by atoms with E-state index in [1.807, 2.05) is 24.3 Å². The van der Waals surface area contributed by atoms with Crippen molar-refractivity contribution in [3.8, 4) is 17.2 Å². The zero-order valence-corrected chi connectivity index (χ0v) is 13.8. The summed E-state index contributed by atoms with van der Waals surface area (Å²) in [6.07, 6.45) is 0.237. The lowest BCUT2D eigenvalue weighted by Crippen LogP contribution is -2.43. The maximum Gasteiger partial charge on any atom is 0.317 e. The molecule has 128 valence electrons. The van der Waals surface area contributed by atoms with Gasteiger partial charge in [0.2, 0.25) is 0 Å². The molecule has 0 spiro atoms. The van der Waals surface area contributed by atoms with Gasteiger partial charge in [0.1, 0.15) is 17.2 Å². The second-order valence-corrected chi connectivity index (χ2v) is 5.25. The maximum atomic E-state index is 11.8. The Bertz CT molecular complexity index is 641. The van der Waals surface area contributed by atoms with Gasteiger partial charge in [0.25, 0.3) is 0 Å². The van der Waals surface area contributed by atoms with Crippen molar-refractivity contribution in [2.24, 2.45) is 0 Å². The first-order chi connectivity index (χ1) is 11.6. The maximum absolute atomic E-state index is 11.8. The van der Waals surface area contributed by atoms with E-state index in [1.54, 1.807) is 26.2 Å². The largest absolute Gasteiger partial charge is 0.508 e. The van der Waals surface area contributed by atoms with Crippen LogP contribution in [0.5, 0.6) is 17.2 Å². The number of carbonyl (C=O) groups excluding carboxylic acids is 1. The average Bonchev–Trinajstić information content (AvgIpc) is 2.57. The van der Waals surface area contributed by atoms with Gasteiger partial charge in [-0.3, -0.25) is 0 Å². The first-order valence-electron chi connectivity index (χ1n) is 7.70. The molecular formula is C18H22N2O4. The standard InChI is InChI=1S/C18H22N2O4/c1-13(24-17-9-5-15(21)6-10-17)20-18(22)19-12-11-14-3-7-16(23-2)8-4-14/h3-10,13,21H,11-12H2,1-2H3,(H2,19,20,22). The zero-order chi connectivity index (χ0) is 17.4. The summed E-state index contributed by atoms with van der Waals surface area (Å²) in [7, 11) is 1.63. The molecule has 0 saturated carbocycles. The van der Waals surface area contributed by atoms with E-state index < -0.39 is 6.23 Å². The predicted octanol–water partition coefficient (Wildman–Crippen LogP) is 2.67. The van der Waals surface area contributed by atoms with Gasteiger partial charge in [-0.25, -0.2) is 4.79 Å². The van der Waals surface area contributed by atoms with Crippen LogP contribution in [0.4, 0.5) is 4.79 Å².